The maximum Gasteiger partial charge on any atom is 0.408 e. The van der Waals surface area contributed by atoms with E-state index in [9.17, 15) is 18.7 Å². The van der Waals surface area contributed by atoms with Gasteiger partial charge in [0.1, 0.15) is 35.2 Å². The highest BCUT2D eigenvalue weighted by Gasteiger charge is 2.43. The summed E-state index contributed by atoms with van der Waals surface area (Å²) in [6.07, 6.45) is 1.90. The van der Waals surface area contributed by atoms with Crippen LogP contribution in [0.4, 0.5) is 13.6 Å². The second-order valence-electron chi connectivity index (χ2n) is 14.9. The van der Waals surface area contributed by atoms with Crippen molar-refractivity contribution in [3.8, 4) is 11.6 Å². The standard InChI is InChI=1S/C33H47F2N3O6Si/c1-13-14-33(40,20-15-21(34)17-22(35)16-20)26-24(27-36-23(18-41-27)19-42-45(11,12)32(8,9)10)37-28(43-26)25(30(2,3)4)38-29(39)44-31(5,6)7/h13,15-18,25,40H,1,14,19H2,2-12H3,(H,38,39)/t25-,33+/m1/s1. The Hall–Kier alpha value is -3.35. The van der Waals surface area contributed by atoms with E-state index in [0.717, 1.165) is 12.1 Å². The predicted molar refractivity (Wildman–Crippen MR) is 170 cm³/mol. The molecule has 2 atom stereocenters. The third kappa shape index (κ3) is 8.68. The van der Waals surface area contributed by atoms with E-state index >= 15 is 0 Å². The summed E-state index contributed by atoms with van der Waals surface area (Å²) < 4.78 is 52.8. The molecule has 0 spiro atoms. The Morgan fingerprint density at radius 2 is 1.67 bits per heavy atom. The van der Waals surface area contributed by atoms with Crippen molar-refractivity contribution in [2.24, 2.45) is 5.41 Å². The molecule has 248 valence electrons. The molecule has 9 nitrogen and oxygen atoms in total. The van der Waals surface area contributed by atoms with Gasteiger partial charge < -0.3 is 28.4 Å². The largest absolute Gasteiger partial charge is 0.444 e. The zero-order valence-corrected chi connectivity index (χ0v) is 29.2. The number of amides is 1. The highest BCUT2D eigenvalue weighted by atomic mass is 28.4. The molecule has 3 aromatic rings. The quantitative estimate of drug-likeness (QED) is 0.166. The smallest absolute Gasteiger partial charge is 0.408 e. The van der Waals surface area contributed by atoms with E-state index in [4.69, 9.17) is 18.0 Å². The Bertz CT molecular complexity index is 1490. The molecular formula is C33H47F2N3O6Si. The van der Waals surface area contributed by atoms with Crippen molar-refractivity contribution in [2.75, 3.05) is 0 Å². The number of nitrogens with one attached hydrogen (secondary N) is 1. The summed E-state index contributed by atoms with van der Waals surface area (Å²) in [5, 5.41) is 14.9. The van der Waals surface area contributed by atoms with E-state index in [1.807, 2.05) is 20.8 Å². The van der Waals surface area contributed by atoms with E-state index in [1.165, 1.54) is 12.3 Å². The van der Waals surface area contributed by atoms with Gasteiger partial charge in [0.05, 0.1) is 6.61 Å². The first kappa shape index (κ1) is 36.1. The van der Waals surface area contributed by atoms with Crippen LogP contribution in [0, 0.1) is 17.0 Å². The fourth-order valence-electron chi connectivity index (χ4n) is 4.26. The van der Waals surface area contributed by atoms with E-state index in [0.29, 0.717) is 11.8 Å². The van der Waals surface area contributed by atoms with Gasteiger partial charge in [0.15, 0.2) is 25.4 Å². The molecule has 2 N–H and O–H groups in total. The number of rotatable bonds is 10. The zero-order valence-electron chi connectivity index (χ0n) is 28.2. The van der Waals surface area contributed by atoms with Gasteiger partial charge in [0.2, 0.25) is 11.8 Å². The average molecular weight is 648 g/mol. The number of carbonyl (C=O) groups is 1. The van der Waals surface area contributed by atoms with Crippen molar-refractivity contribution in [3.05, 3.63) is 71.7 Å². The van der Waals surface area contributed by atoms with Crippen molar-refractivity contribution in [2.45, 2.75) is 111 Å². The van der Waals surface area contributed by atoms with Crippen LogP contribution in [0.2, 0.25) is 18.1 Å². The number of benzene rings is 1. The van der Waals surface area contributed by atoms with Crippen LogP contribution in [0.3, 0.4) is 0 Å². The lowest BCUT2D eigenvalue weighted by atomic mass is 9.86. The summed E-state index contributed by atoms with van der Waals surface area (Å²) in [4.78, 5) is 22.1. The number of alkyl carbamates (subject to hydrolysis) is 1. The molecule has 3 rings (SSSR count). The van der Waals surface area contributed by atoms with Crippen LogP contribution in [0.1, 0.15) is 97.7 Å². The minimum absolute atomic E-state index is 0.00463. The maximum absolute atomic E-state index is 14.4. The normalized spacial score (nSPS) is 15.0. The Morgan fingerprint density at radius 3 is 2.18 bits per heavy atom. The molecule has 0 aliphatic rings. The minimum Gasteiger partial charge on any atom is -0.444 e. The molecule has 45 heavy (non-hydrogen) atoms. The monoisotopic (exact) mass is 647 g/mol. The summed E-state index contributed by atoms with van der Waals surface area (Å²) in [7, 11) is -2.12. The Kier molecular flexibility index (Phi) is 10.3. The first-order valence-corrected chi connectivity index (χ1v) is 17.8. The lowest BCUT2D eigenvalue weighted by Gasteiger charge is -2.35. The second-order valence-corrected chi connectivity index (χ2v) is 19.7. The van der Waals surface area contributed by atoms with E-state index in [1.54, 1.807) is 20.8 Å². The van der Waals surface area contributed by atoms with Crippen LogP contribution in [0.15, 0.2) is 46.0 Å². The predicted octanol–water partition coefficient (Wildman–Crippen LogP) is 8.55. The highest BCUT2D eigenvalue weighted by Crippen LogP contribution is 2.43. The fraction of sp³-hybridized carbons (Fsp3) is 0.545. The summed E-state index contributed by atoms with van der Waals surface area (Å²) >= 11 is 0. The first-order valence-electron chi connectivity index (χ1n) is 14.9. The number of nitrogens with zero attached hydrogens (tertiary/aromatic N) is 2. The third-order valence-corrected chi connectivity index (χ3v) is 12.2. The van der Waals surface area contributed by atoms with Crippen molar-refractivity contribution < 1.29 is 36.7 Å². The van der Waals surface area contributed by atoms with Crippen molar-refractivity contribution >= 4 is 14.4 Å². The van der Waals surface area contributed by atoms with Gasteiger partial charge in [-0.05, 0) is 62.0 Å². The molecule has 0 fully saturated rings. The van der Waals surface area contributed by atoms with E-state index in [-0.39, 0.29) is 46.9 Å². The molecule has 0 radical (unpaired) electrons. The number of halogens is 2. The number of ether oxygens (including phenoxy) is 1. The van der Waals surface area contributed by atoms with Crippen LogP contribution in [-0.4, -0.2) is 35.1 Å². The lowest BCUT2D eigenvalue weighted by Crippen LogP contribution is -2.40. The van der Waals surface area contributed by atoms with Crippen molar-refractivity contribution in [1.29, 1.82) is 0 Å². The summed E-state index contributed by atoms with van der Waals surface area (Å²) in [5.41, 5.74) is -3.26. The maximum atomic E-state index is 14.4. The molecule has 2 heterocycles. The molecule has 0 aliphatic carbocycles. The molecule has 0 saturated heterocycles. The second kappa shape index (κ2) is 12.8. The molecule has 0 bridgehead atoms. The van der Waals surface area contributed by atoms with Gasteiger partial charge in [-0.15, -0.1) is 6.58 Å². The first-order chi connectivity index (χ1) is 20.5. The molecule has 1 aromatic carbocycles. The average Bonchev–Trinajstić information content (AvgIpc) is 3.51. The van der Waals surface area contributed by atoms with E-state index < -0.39 is 48.7 Å². The van der Waals surface area contributed by atoms with Gasteiger partial charge in [-0.2, -0.15) is 0 Å². The van der Waals surface area contributed by atoms with Gasteiger partial charge in [0, 0.05) is 12.5 Å². The third-order valence-electron chi connectivity index (χ3n) is 7.71. The van der Waals surface area contributed by atoms with Crippen LogP contribution < -0.4 is 5.32 Å². The van der Waals surface area contributed by atoms with Gasteiger partial charge in [-0.25, -0.2) is 23.5 Å². The van der Waals surface area contributed by atoms with Gasteiger partial charge in [-0.1, -0.05) is 47.6 Å². The number of oxazole rings is 2. The van der Waals surface area contributed by atoms with Crippen LogP contribution >= 0.6 is 0 Å². The number of aliphatic hydroxyl groups is 1. The summed E-state index contributed by atoms with van der Waals surface area (Å²) in [6, 6.07) is 1.85. The van der Waals surface area contributed by atoms with Crippen LogP contribution in [0.25, 0.3) is 11.6 Å². The SMILES string of the molecule is C=CC[C@](O)(c1cc(F)cc(F)c1)c1oc([C@@H](NC(=O)OC(C)(C)C)C(C)(C)C)nc1-c1nc(CO[Si](C)(C)C(C)(C)C)co1. The molecule has 0 saturated carbocycles. The van der Waals surface area contributed by atoms with Crippen molar-refractivity contribution in [3.63, 3.8) is 0 Å². The zero-order chi connectivity index (χ0) is 34.2. The number of carbonyl (C=O) groups excluding carboxylic acids is 1. The molecular weight excluding hydrogens is 600 g/mol. The molecule has 0 aliphatic heterocycles. The summed E-state index contributed by atoms with van der Waals surface area (Å²) in [6.45, 7) is 25.3. The molecule has 2 aromatic heterocycles. The number of hydrogen-bond donors (Lipinski definition) is 2. The minimum atomic E-state index is -2.15. The lowest BCUT2D eigenvalue weighted by molar-refractivity contribution is 0.0421. The molecule has 0 unspecified atom stereocenters. The number of aromatic nitrogens is 2. The Morgan fingerprint density at radius 1 is 1.07 bits per heavy atom. The van der Waals surface area contributed by atoms with E-state index in [2.05, 4.69) is 55.7 Å². The van der Waals surface area contributed by atoms with Gasteiger partial charge in [-0.3, -0.25) is 0 Å². The van der Waals surface area contributed by atoms with Gasteiger partial charge >= 0.3 is 6.09 Å². The van der Waals surface area contributed by atoms with Gasteiger partial charge in [0.25, 0.3) is 0 Å². The van der Waals surface area contributed by atoms with Crippen LogP contribution in [0.5, 0.6) is 0 Å². The number of hydrogen-bond acceptors (Lipinski definition) is 8. The highest BCUT2D eigenvalue weighted by molar-refractivity contribution is 6.74. The molecule has 1 amide bonds. The Balaban J connectivity index is 2.21. The molecule has 12 heteroatoms. The topological polar surface area (TPSA) is 120 Å². The van der Waals surface area contributed by atoms with Crippen molar-refractivity contribution in [1.82, 2.24) is 15.3 Å². The summed E-state index contributed by atoms with van der Waals surface area (Å²) in [5.74, 6) is -2.00. The van der Waals surface area contributed by atoms with Crippen LogP contribution in [-0.2, 0) is 21.4 Å². The Labute approximate surface area is 265 Å². The fourth-order valence-corrected chi connectivity index (χ4v) is 5.20.